The number of halogens is 1. The molecule has 2 rings (SSSR count). The summed E-state index contributed by atoms with van der Waals surface area (Å²) in [5.74, 6) is -0.135. The van der Waals surface area contributed by atoms with Crippen LogP contribution in [-0.4, -0.2) is 11.7 Å². The molecule has 14 heavy (non-hydrogen) atoms. The minimum atomic E-state index is -0.870. The van der Waals surface area contributed by atoms with Crippen LogP contribution in [-0.2, 0) is 0 Å². The van der Waals surface area contributed by atoms with E-state index in [2.05, 4.69) is 0 Å². The van der Waals surface area contributed by atoms with Gasteiger partial charge in [0.15, 0.2) is 0 Å². The topological polar surface area (TPSA) is 26.0 Å². The van der Waals surface area contributed by atoms with Gasteiger partial charge >= 0.3 is 0 Å². The molecule has 1 aromatic carbocycles. The van der Waals surface area contributed by atoms with E-state index in [9.17, 15) is 4.39 Å². The Balaban J connectivity index is 2.28. The molecule has 0 amide bonds. The lowest BCUT2D eigenvalue weighted by Crippen LogP contribution is -2.35. The Morgan fingerprint density at radius 2 is 1.86 bits per heavy atom. The second-order valence-corrected chi connectivity index (χ2v) is 4.30. The first-order chi connectivity index (χ1) is 6.63. The zero-order valence-corrected chi connectivity index (χ0v) is 8.41. The summed E-state index contributed by atoms with van der Waals surface area (Å²) in [5.41, 5.74) is 6.83. The Hall–Kier alpha value is -0.890. The smallest absolute Gasteiger partial charge is 0.106 e. The number of nitrogens with two attached hydrogens (primary N) is 1. The van der Waals surface area contributed by atoms with E-state index in [4.69, 9.17) is 5.73 Å². The fourth-order valence-electron chi connectivity index (χ4n) is 2.17. The van der Waals surface area contributed by atoms with Crippen molar-refractivity contribution in [3.05, 3.63) is 35.9 Å². The Kier molecular flexibility index (Phi) is 2.31. The van der Waals surface area contributed by atoms with Crippen LogP contribution in [0.5, 0.6) is 0 Å². The van der Waals surface area contributed by atoms with Crippen molar-refractivity contribution in [1.82, 2.24) is 0 Å². The first-order valence-electron chi connectivity index (χ1n) is 5.11. The van der Waals surface area contributed by atoms with Gasteiger partial charge in [0, 0.05) is 11.5 Å². The van der Waals surface area contributed by atoms with Gasteiger partial charge in [0.25, 0.3) is 0 Å². The van der Waals surface area contributed by atoms with Gasteiger partial charge in [-0.2, -0.15) is 0 Å². The molecule has 2 unspecified atom stereocenters. The van der Waals surface area contributed by atoms with Crippen molar-refractivity contribution in [3.8, 4) is 0 Å². The molecular weight excluding hydrogens is 177 g/mol. The van der Waals surface area contributed by atoms with Crippen LogP contribution in [0.25, 0.3) is 0 Å². The van der Waals surface area contributed by atoms with Crippen molar-refractivity contribution < 1.29 is 4.39 Å². The summed E-state index contributed by atoms with van der Waals surface area (Å²) in [4.78, 5) is 0. The van der Waals surface area contributed by atoms with Crippen molar-refractivity contribution in [2.45, 2.75) is 37.4 Å². The van der Waals surface area contributed by atoms with Crippen LogP contribution in [0.3, 0.4) is 0 Å². The van der Waals surface area contributed by atoms with Crippen LogP contribution in [0, 0.1) is 0 Å². The van der Waals surface area contributed by atoms with Crippen molar-refractivity contribution in [2.24, 2.45) is 5.73 Å². The maximum atomic E-state index is 13.5. The van der Waals surface area contributed by atoms with Gasteiger partial charge in [0.05, 0.1) is 0 Å². The minimum Gasteiger partial charge on any atom is -0.324 e. The third-order valence-electron chi connectivity index (χ3n) is 3.06. The molecule has 2 atom stereocenters. The maximum Gasteiger partial charge on any atom is 0.106 e. The van der Waals surface area contributed by atoms with Gasteiger partial charge in [0.1, 0.15) is 6.17 Å². The molecule has 0 bridgehead atoms. The third-order valence-corrected chi connectivity index (χ3v) is 3.06. The normalized spacial score (nSPS) is 22.8. The quantitative estimate of drug-likeness (QED) is 0.784. The van der Waals surface area contributed by atoms with Crippen molar-refractivity contribution >= 4 is 0 Å². The van der Waals surface area contributed by atoms with E-state index in [-0.39, 0.29) is 11.5 Å². The average molecular weight is 193 g/mol. The van der Waals surface area contributed by atoms with E-state index in [0.717, 1.165) is 18.4 Å². The fourth-order valence-corrected chi connectivity index (χ4v) is 2.17. The van der Waals surface area contributed by atoms with Gasteiger partial charge in [-0.1, -0.05) is 30.3 Å². The Labute approximate surface area is 84.1 Å². The monoisotopic (exact) mass is 193 g/mol. The summed E-state index contributed by atoms with van der Waals surface area (Å²) in [7, 11) is 0. The number of benzene rings is 1. The third kappa shape index (κ3) is 1.67. The predicted molar refractivity (Wildman–Crippen MR) is 55.9 cm³/mol. The summed E-state index contributed by atoms with van der Waals surface area (Å²) < 4.78 is 13.5. The summed E-state index contributed by atoms with van der Waals surface area (Å²) >= 11 is 0. The van der Waals surface area contributed by atoms with Gasteiger partial charge < -0.3 is 5.73 Å². The molecule has 0 aliphatic heterocycles. The van der Waals surface area contributed by atoms with E-state index in [0.29, 0.717) is 0 Å². The lowest BCUT2D eigenvalue weighted by Gasteiger charge is -2.25. The first kappa shape index (κ1) is 9.66. The SMILES string of the molecule is CC(F)C(c1ccccc1)C1(N)CC1. The molecule has 1 nitrogen and oxygen atoms in total. The highest BCUT2D eigenvalue weighted by Crippen LogP contribution is 2.47. The number of rotatable bonds is 3. The second kappa shape index (κ2) is 3.35. The highest BCUT2D eigenvalue weighted by atomic mass is 19.1. The van der Waals surface area contributed by atoms with Crippen LogP contribution in [0.4, 0.5) is 4.39 Å². The number of hydrogen-bond donors (Lipinski definition) is 1. The fraction of sp³-hybridized carbons (Fsp3) is 0.500. The lowest BCUT2D eigenvalue weighted by molar-refractivity contribution is 0.269. The molecule has 1 aliphatic rings. The average Bonchev–Trinajstić information content (AvgIpc) is 2.85. The van der Waals surface area contributed by atoms with Gasteiger partial charge in [-0.25, -0.2) is 4.39 Å². The molecule has 0 heterocycles. The van der Waals surface area contributed by atoms with Crippen molar-refractivity contribution in [3.63, 3.8) is 0 Å². The highest BCUT2D eigenvalue weighted by Gasteiger charge is 2.48. The molecule has 1 aliphatic carbocycles. The van der Waals surface area contributed by atoms with Gasteiger partial charge in [-0.3, -0.25) is 0 Å². The Bertz CT molecular complexity index is 303. The molecule has 0 aromatic heterocycles. The molecule has 1 saturated carbocycles. The zero-order chi connectivity index (χ0) is 10.2. The predicted octanol–water partition coefficient (Wildman–Crippen LogP) is 2.62. The molecule has 2 heteroatoms. The largest absolute Gasteiger partial charge is 0.324 e. The summed E-state index contributed by atoms with van der Waals surface area (Å²) in [6.45, 7) is 1.60. The van der Waals surface area contributed by atoms with Crippen LogP contribution < -0.4 is 5.73 Å². The number of alkyl halides is 1. The summed E-state index contributed by atoms with van der Waals surface area (Å²) in [5, 5.41) is 0. The standard InChI is InChI=1S/C12H16FN/c1-9(13)11(12(14)7-8-12)10-5-3-2-4-6-10/h2-6,9,11H,7-8,14H2,1H3. The molecular formula is C12H16FN. The molecule has 1 fully saturated rings. The van der Waals surface area contributed by atoms with E-state index >= 15 is 0 Å². The van der Waals surface area contributed by atoms with E-state index in [1.807, 2.05) is 30.3 Å². The molecule has 0 saturated heterocycles. The van der Waals surface area contributed by atoms with Gasteiger partial charge in [-0.05, 0) is 25.3 Å². The van der Waals surface area contributed by atoms with E-state index in [1.54, 1.807) is 6.92 Å². The summed E-state index contributed by atoms with van der Waals surface area (Å²) in [6, 6.07) is 9.76. The van der Waals surface area contributed by atoms with Crippen LogP contribution in [0.2, 0.25) is 0 Å². The molecule has 76 valence electrons. The highest BCUT2D eigenvalue weighted by molar-refractivity contribution is 5.28. The molecule has 2 N–H and O–H groups in total. The van der Waals surface area contributed by atoms with Gasteiger partial charge in [0.2, 0.25) is 0 Å². The maximum absolute atomic E-state index is 13.5. The van der Waals surface area contributed by atoms with Crippen molar-refractivity contribution in [1.29, 1.82) is 0 Å². The second-order valence-electron chi connectivity index (χ2n) is 4.30. The van der Waals surface area contributed by atoms with E-state index < -0.39 is 6.17 Å². The van der Waals surface area contributed by atoms with Crippen LogP contribution in [0.15, 0.2) is 30.3 Å². The van der Waals surface area contributed by atoms with Crippen LogP contribution >= 0.6 is 0 Å². The van der Waals surface area contributed by atoms with Crippen molar-refractivity contribution in [2.75, 3.05) is 0 Å². The Morgan fingerprint density at radius 3 is 2.29 bits per heavy atom. The van der Waals surface area contributed by atoms with Crippen LogP contribution in [0.1, 0.15) is 31.2 Å². The molecule has 0 radical (unpaired) electrons. The lowest BCUT2D eigenvalue weighted by atomic mass is 9.86. The summed E-state index contributed by atoms with van der Waals surface area (Å²) in [6.07, 6.45) is 1.02. The molecule has 0 spiro atoms. The minimum absolute atomic E-state index is 0.135. The zero-order valence-electron chi connectivity index (χ0n) is 8.41. The van der Waals surface area contributed by atoms with Gasteiger partial charge in [-0.15, -0.1) is 0 Å². The number of hydrogen-bond acceptors (Lipinski definition) is 1. The first-order valence-corrected chi connectivity index (χ1v) is 5.11. The van der Waals surface area contributed by atoms with E-state index in [1.165, 1.54) is 0 Å². The molecule has 1 aromatic rings. The Morgan fingerprint density at radius 1 is 1.29 bits per heavy atom.